The van der Waals surface area contributed by atoms with Crippen molar-refractivity contribution in [2.24, 2.45) is 0 Å². The van der Waals surface area contributed by atoms with E-state index in [0.717, 1.165) is 9.13 Å². The van der Waals surface area contributed by atoms with Crippen LogP contribution in [0.2, 0.25) is 0 Å². The lowest BCUT2D eigenvalue weighted by molar-refractivity contribution is -0.112. The molecule has 0 unspecified atom stereocenters. The lowest BCUT2D eigenvalue weighted by atomic mass is 10.1. The van der Waals surface area contributed by atoms with Crippen molar-refractivity contribution in [3.63, 3.8) is 0 Å². The monoisotopic (exact) mass is 588 g/mol. The Labute approximate surface area is 212 Å². The van der Waals surface area contributed by atoms with Gasteiger partial charge in [0.15, 0.2) is 11.5 Å². The van der Waals surface area contributed by atoms with E-state index in [1.807, 2.05) is 25.1 Å². The molecule has 0 aliphatic rings. The lowest BCUT2D eigenvalue weighted by Crippen LogP contribution is -2.14. The van der Waals surface area contributed by atoms with Crippen molar-refractivity contribution in [3.8, 4) is 17.6 Å². The maximum atomic E-state index is 12.7. The minimum absolute atomic E-state index is 0.00127. The summed E-state index contributed by atoms with van der Waals surface area (Å²) >= 11 is 2.09. The predicted molar refractivity (Wildman–Crippen MR) is 138 cm³/mol. The highest BCUT2D eigenvalue weighted by atomic mass is 127. The fraction of sp³-hybridized carbons (Fsp3) is 0.120. The van der Waals surface area contributed by atoms with Gasteiger partial charge >= 0.3 is 10.1 Å². The Morgan fingerprint density at radius 3 is 2.44 bits per heavy atom. The summed E-state index contributed by atoms with van der Waals surface area (Å²) < 4.78 is 37.1. The third kappa shape index (κ3) is 6.36. The molecule has 3 rings (SSSR count). The zero-order chi connectivity index (χ0) is 24.7. The topological polar surface area (TPSA) is 105 Å². The molecule has 0 saturated carbocycles. The number of carbonyl (C=O) groups excluding carboxylic acids is 1. The van der Waals surface area contributed by atoms with E-state index in [0.29, 0.717) is 11.3 Å². The zero-order valence-corrected chi connectivity index (χ0v) is 21.4. The van der Waals surface area contributed by atoms with Crippen LogP contribution in [0.4, 0.5) is 5.69 Å². The van der Waals surface area contributed by atoms with Crippen molar-refractivity contribution in [1.29, 1.82) is 5.26 Å². The number of nitrogens with zero attached hydrogens (tertiary/aromatic N) is 1. The summed E-state index contributed by atoms with van der Waals surface area (Å²) in [6.45, 7) is 3.86. The van der Waals surface area contributed by atoms with Crippen molar-refractivity contribution in [2.45, 2.75) is 18.7 Å². The summed E-state index contributed by atoms with van der Waals surface area (Å²) in [6.07, 6.45) is 1.39. The van der Waals surface area contributed by atoms with E-state index in [-0.39, 0.29) is 28.6 Å². The molecule has 0 heterocycles. The van der Waals surface area contributed by atoms with Crippen LogP contribution >= 0.6 is 22.6 Å². The highest BCUT2D eigenvalue weighted by Gasteiger charge is 2.20. The number of nitriles is 1. The third-order valence-corrected chi connectivity index (χ3v) is 6.76. The summed E-state index contributed by atoms with van der Waals surface area (Å²) in [5.74, 6) is -0.393. The first-order valence-electron chi connectivity index (χ1n) is 10.2. The SMILES string of the molecule is CCOc1cc(/C=C(/C#N)C(=O)Nc2ccccc2I)ccc1OS(=O)(=O)c1ccc(C)cc1. The molecule has 1 amide bonds. The van der Waals surface area contributed by atoms with Gasteiger partial charge in [0.1, 0.15) is 16.5 Å². The highest BCUT2D eigenvalue weighted by Crippen LogP contribution is 2.32. The number of halogens is 1. The molecule has 0 aliphatic heterocycles. The summed E-state index contributed by atoms with van der Waals surface area (Å²) in [5, 5.41) is 12.2. The molecule has 1 N–H and O–H groups in total. The van der Waals surface area contributed by atoms with E-state index in [1.165, 1.54) is 30.3 Å². The summed E-state index contributed by atoms with van der Waals surface area (Å²) in [7, 11) is -4.08. The molecule has 0 aromatic heterocycles. The fourth-order valence-corrected chi connectivity index (χ4v) is 4.35. The van der Waals surface area contributed by atoms with Crippen LogP contribution in [0.1, 0.15) is 18.1 Å². The van der Waals surface area contributed by atoms with Gasteiger partial charge in [-0.05, 0) is 84.5 Å². The number of nitrogens with one attached hydrogen (secondary N) is 1. The van der Waals surface area contributed by atoms with Crippen LogP contribution < -0.4 is 14.2 Å². The molecule has 0 atom stereocenters. The number of ether oxygens (including phenoxy) is 1. The maximum Gasteiger partial charge on any atom is 0.339 e. The summed E-state index contributed by atoms with van der Waals surface area (Å²) in [4.78, 5) is 12.6. The van der Waals surface area contributed by atoms with Gasteiger partial charge in [-0.2, -0.15) is 13.7 Å². The molecule has 9 heteroatoms. The summed E-state index contributed by atoms with van der Waals surface area (Å²) in [5.41, 5.74) is 1.86. The molecule has 7 nitrogen and oxygen atoms in total. The first kappa shape index (κ1) is 25.3. The van der Waals surface area contributed by atoms with Gasteiger partial charge in [0, 0.05) is 3.57 Å². The van der Waals surface area contributed by atoms with Crippen molar-refractivity contribution in [2.75, 3.05) is 11.9 Å². The zero-order valence-electron chi connectivity index (χ0n) is 18.4. The van der Waals surface area contributed by atoms with E-state index in [2.05, 4.69) is 27.9 Å². The van der Waals surface area contributed by atoms with E-state index < -0.39 is 16.0 Å². The molecular weight excluding hydrogens is 567 g/mol. The van der Waals surface area contributed by atoms with E-state index in [1.54, 1.807) is 37.3 Å². The van der Waals surface area contributed by atoms with Crippen LogP contribution in [0.15, 0.2) is 77.2 Å². The van der Waals surface area contributed by atoms with Gasteiger partial charge in [-0.15, -0.1) is 0 Å². The number of para-hydroxylation sites is 1. The van der Waals surface area contributed by atoms with Crippen LogP contribution in [0.25, 0.3) is 6.08 Å². The lowest BCUT2D eigenvalue weighted by Gasteiger charge is -2.13. The molecule has 34 heavy (non-hydrogen) atoms. The van der Waals surface area contributed by atoms with E-state index >= 15 is 0 Å². The van der Waals surface area contributed by atoms with Crippen LogP contribution in [0.3, 0.4) is 0 Å². The average Bonchev–Trinajstić information content (AvgIpc) is 2.81. The van der Waals surface area contributed by atoms with Crippen molar-refractivity contribution in [1.82, 2.24) is 0 Å². The second-order valence-electron chi connectivity index (χ2n) is 7.09. The number of aryl methyl sites for hydroxylation is 1. The Morgan fingerprint density at radius 2 is 1.79 bits per heavy atom. The number of rotatable bonds is 8. The number of benzene rings is 3. The standard InChI is InChI=1S/C25H21IN2O5S/c1-3-32-24-15-18(14-19(16-27)25(29)28-22-7-5-4-6-21(22)26)10-13-23(24)33-34(30,31)20-11-8-17(2)9-12-20/h4-15H,3H2,1-2H3,(H,28,29)/b19-14-. The van der Waals surface area contributed by atoms with Gasteiger partial charge in [-0.1, -0.05) is 35.9 Å². The summed E-state index contributed by atoms with van der Waals surface area (Å²) in [6, 6.07) is 19.9. The molecule has 3 aromatic rings. The molecule has 0 saturated heterocycles. The Kier molecular flexibility index (Phi) is 8.31. The average molecular weight is 588 g/mol. The van der Waals surface area contributed by atoms with Gasteiger partial charge < -0.3 is 14.2 Å². The smallest absolute Gasteiger partial charge is 0.339 e. The minimum atomic E-state index is -4.08. The van der Waals surface area contributed by atoms with Gasteiger partial charge in [-0.3, -0.25) is 4.79 Å². The van der Waals surface area contributed by atoms with Gasteiger partial charge in [0.2, 0.25) is 0 Å². The maximum absolute atomic E-state index is 12.7. The minimum Gasteiger partial charge on any atom is -0.490 e. The normalized spacial score (nSPS) is 11.4. The second-order valence-corrected chi connectivity index (χ2v) is 9.80. The van der Waals surface area contributed by atoms with Crippen molar-refractivity contribution in [3.05, 3.63) is 87.0 Å². The Morgan fingerprint density at radius 1 is 1.09 bits per heavy atom. The Bertz CT molecular complexity index is 1380. The molecule has 0 aliphatic carbocycles. The van der Waals surface area contributed by atoms with Crippen molar-refractivity contribution >= 4 is 50.4 Å². The number of carbonyl (C=O) groups is 1. The molecule has 3 aromatic carbocycles. The second kappa shape index (κ2) is 11.2. The number of anilines is 1. The fourth-order valence-electron chi connectivity index (χ4n) is 2.89. The largest absolute Gasteiger partial charge is 0.490 e. The highest BCUT2D eigenvalue weighted by molar-refractivity contribution is 14.1. The molecule has 0 radical (unpaired) electrons. The van der Waals surface area contributed by atoms with Gasteiger partial charge in [0.05, 0.1) is 12.3 Å². The molecule has 174 valence electrons. The third-order valence-electron chi connectivity index (χ3n) is 4.57. The number of hydrogen-bond donors (Lipinski definition) is 1. The number of amides is 1. The van der Waals surface area contributed by atoms with Crippen molar-refractivity contribution < 1.29 is 22.1 Å². The first-order chi connectivity index (χ1) is 16.2. The van der Waals surface area contributed by atoms with E-state index in [9.17, 15) is 18.5 Å². The first-order valence-corrected chi connectivity index (χ1v) is 12.7. The predicted octanol–water partition coefficient (Wildman–Crippen LogP) is 5.31. The van der Waals surface area contributed by atoms with Crippen LogP contribution in [-0.4, -0.2) is 20.9 Å². The van der Waals surface area contributed by atoms with Gasteiger partial charge in [-0.25, -0.2) is 0 Å². The molecule has 0 bridgehead atoms. The molecule has 0 spiro atoms. The van der Waals surface area contributed by atoms with Crippen LogP contribution in [0, 0.1) is 21.8 Å². The van der Waals surface area contributed by atoms with Crippen LogP contribution in [-0.2, 0) is 14.9 Å². The van der Waals surface area contributed by atoms with Crippen LogP contribution in [0.5, 0.6) is 11.5 Å². The number of hydrogen-bond acceptors (Lipinski definition) is 6. The quantitative estimate of drug-likeness (QED) is 0.166. The van der Waals surface area contributed by atoms with E-state index in [4.69, 9.17) is 8.92 Å². The molecular formula is C25H21IN2O5S. The Hall–Kier alpha value is -3.36. The molecule has 0 fully saturated rings. The Balaban J connectivity index is 1.88. The van der Waals surface area contributed by atoms with Gasteiger partial charge in [0.25, 0.3) is 5.91 Å².